The van der Waals surface area contributed by atoms with Crippen molar-refractivity contribution in [2.75, 3.05) is 13.1 Å². The lowest BCUT2D eigenvalue weighted by molar-refractivity contribution is -0.110. The molecule has 0 bridgehead atoms. The third kappa shape index (κ3) is 2.57. The fourth-order valence-corrected chi connectivity index (χ4v) is 3.81. The van der Waals surface area contributed by atoms with Crippen molar-refractivity contribution < 1.29 is 4.79 Å². The van der Waals surface area contributed by atoms with E-state index in [0.29, 0.717) is 11.1 Å². The average molecular weight is 345 g/mol. The molecule has 0 unspecified atom stereocenters. The summed E-state index contributed by atoms with van der Waals surface area (Å²) >= 11 is 0. The summed E-state index contributed by atoms with van der Waals surface area (Å²) in [6.07, 6.45) is 6.20. The lowest BCUT2D eigenvalue weighted by atomic mass is 9.81. The maximum atomic E-state index is 13.3. The molecule has 1 aromatic rings. The van der Waals surface area contributed by atoms with Gasteiger partial charge in [0.25, 0.3) is 0 Å². The van der Waals surface area contributed by atoms with Crippen molar-refractivity contribution >= 4 is 23.0 Å². The van der Waals surface area contributed by atoms with Gasteiger partial charge in [0.05, 0.1) is 5.57 Å². The third-order valence-corrected chi connectivity index (χ3v) is 5.21. The summed E-state index contributed by atoms with van der Waals surface area (Å²) in [6, 6.07) is 8.08. The maximum Gasteiger partial charge on any atom is 0.226 e. The van der Waals surface area contributed by atoms with E-state index in [1.807, 2.05) is 57.2 Å². The third-order valence-electron chi connectivity index (χ3n) is 5.21. The van der Waals surface area contributed by atoms with E-state index < -0.39 is 0 Å². The Kier molecular flexibility index (Phi) is 4.19. The summed E-state index contributed by atoms with van der Waals surface area (Å²) in [5, 5.41) is 0. The summed E-state index contributed by atoms with van der Waals surface area (Å²) in [4.78, 5) is 25.2. The number of guanidine groups is 1. The molecule has 0 spiro atoms. The number of hydrogen-bond donors (Lipinski definition) is 0. The summed E-state index contributed by atoms with van der Waals surface area (Å²) in [5.74, 6) is 0.784. The highest BCUT2D eigenvalue weighted by Gasteiger charge is 2.37. The summed E-state index contributed by atoms with van der Waals surface area (Å²) < 4.78 is 0. The van der Waals surface area contributed by atoms with Crippen LogP contribution in [0.25, 0.3) is 5.57 Å². The van der Waals surface area contributed by atoms with Gasteiger partial charge in [-0.1, -0.05) is 42.0 Å². The minimum atomic E-state index is 0.0322. The van der Waals surface area contributed by atoms with E-state index in [4.69, 9.17) is 9.98 Å². The number of fused-ring (bicyclic) bond motifs is 1. The van der Waals surface area contributed by atoms with Crippen LogP contribution >= 0.6 is 0 Å². The van der Waals surface area contributed by atoms with Crippen LogP contribution in [-0.4, -0.2) is 35.4 Å². The van der Waals surface area contributed by atoms with Crippen LogP contribution in [0.3, 0.4) is 0 Å². The summed E-state index contributed by atoms with van der Waals surface area (Å²) in [7, 11) is 0. The Morgan fingerprint density at radius 2 is 1.62 bits per heavy atom. The molecule has 0 amide bonds. The number of hydrogen-bond acceptors (Lipinski definition) is 4. The first kappa shape index (κ1) is 16.7. The topological polar surface area (TPSA) is 45.0 Å². The van der Waals surface area contributed by atoms with Crippen molar-refractivity contribution in [2.45, 2.75) is 33.6 Å². The highest BCUT2D eigenvalue weighted by molar-refractivity contribution is 6.45. The Morgan fingerprint density at radius 3 is 2.23 bits per heavy atom. The molecular formula is C22H23N3O. The minimum absolute atomic E-state index is 0.0322. The number of Topliss-reactive ketones (excluding diaryl/α,β-unsaturated/α-hetero) is 1. The van der Waals surface area contributed by atoms with Crippen molar-refractivity contribution in [3.8, 4) is 0 Å². The Morgan fingerprint density at radius 1 is 0.962 bits per heavy atom. The molecule has 2 aliphatic heterocycles. The van der Waals surface area contributed by atoms with Gasteiger partial charge in [0.2, 0.25) is 5.96 Å². The number of allylic oxidation sites excluding steroid dienone is 5. The molecule has 0 atom stereocenters. The SMILES string of the molecule is C/C=C1/C(=O)C(c2ccc(C)cc2)=C2N=C(N3CCCC3)N=C2/C1=C/C. The first-order valence-electron chi connectivity index (χ1n) is 9.26. The lowest BCUT2D eigenvalue weighted by Gasteiger charge is -2.21. The van der Waals surface area contributed by atoms with Crippen molar-refractivity contribution in [3.63, 3.8) is 0 Å². The molecule has 26 heavy (non-hydrogen) atoms. The average Bonchev–Trinajstić information content (AvgIpc) is 3.31. The maximum absolute atomic E-state index is 13.3. The molecule has 4 nitrogen and oxygen atoms in total. The fraction of sp³-hybridized carbons (Fsp3) is 0.318. The quantitative estimate of drug-likeness (QED) is 0.720. The number of aryl methyl sites for hydroxylation is 1. The molecule has 3 aliphatic rings. The van der Waals surface area contributed by atoms with Gasteiger partial charge in [0, 0.05) is 24.2 Å². The van der Waals surface area contributed by atoms with E-state index >= 15 is 0 Å². The molecule has 0 saturated carbocycles. The molecule has 2 heterocycles. The molecule has 1 fully saturated rings. The van der Waals surface area contributed by atoms with E-state index in [2.05, 4.69) is 4.90 Å². The standard InChI is InChI=1S/C22H23N3O/c1-4-16-17(5-2)21(26)18(15-10-8-14(3)9-11-15)20-19(16)23-22(24-20)25-12-6-7-13-25/h4-5,8-11H,6-7,12-13H2,1-3H3/b16-4+,17-5+. The second-order valence-electron chi connectivity index (χ2n) is 6.89. The molecule has 4 heteroatoms. The first-order valence-corrected chi connectivity index (χ1v) is 9.26. The van der Waals surface area contributed by atoms with Gasteiger partial charge in [-0.2, -0.15) is 0 Å². The number of benzene rings is 1. The molecule has 0 N–H and O–H groups in total. The Bertz CT molecular complexity index is 921. The number of nitrogens with zero attached hydrogens (tertiary/aromatic N) is 3. The van der Waals surface area contributed by atoms with Crippen molar-refractivity contribution in [1.29, 1.82) is 0 Å². The predicted molar refractivity (Wildman–Crippen MR) is 106 cm³/mol. The van der Waals surface area contributed by atoms with Crippen LogP contribution in [0, 0.1) is 6.92 Å². The normalized spacial score (nSPS) is 23.0. The highest BCUT2D eigenvalue weighted by atomic mass is 16.1. The molecule has 1 saturated heterocycles. The monoisotopic (exact) mass is 345 g/mol. The van der Waals surface area contributed by atoms with Crippen LogP contribution < -0.4 is 0 Å². The molecule has 1 aliphatic carbocycles. The van der Waals surface area contributed by atoms with Crippen LogP contribution in [0.15, 0.2) is 63.2 Å². The van der Waals surface area contributed by atoms with Gasteiger partial charge in [-0.15, -0.1) is 0 Å². The Labute approximate surface area is 154 Å². The molecule has 4 rings (SSSR count). The van der Waals surface area contributed by atoms with E-state index in [9.17, 15) is 4.79 Å². The van der Waals surface area contributed by atoms with Crippen molar-refractivity contribution in [3.05, 3.63) is 64.4 Å². The van der Waals surface area contributed by atoms with Gasteiger partial charge in [0.1, 0.15) is 11.4 Å². The Hall–Kier alpha value is -2.75. The van der Waals surface area contributed by atoms with Crippen LogP contribution in [0.2, 0.25) is 0 Å². The van der Waals surface area contributed by atoms with Gasteiger partial charge in [0.15, 0.2) is 5.78 Å². The minimum Gasteiger partial charge on any atom is -0.341 e. The second kappa shape index (κ2) is 6.52. The molecule has 0 aromatic heterocycles. The molecule has 132 valence electrons. The van der Waals surface area contributed by atoms with Gasteiger partial charge in [-0.05, 0) is 39.2 Å². The largest absolute Gasteiger partial charge is 0.341 e. The van der Waals surface area contributed by atoms with E-state index in [0.717, 1.165) is 41.6 Å². The zero-order valence-corrected chi connectivity index (χ0v) is 15.5. The van der Waals surface area contributed by atoms with E-state index in [1.165, 1.54) is 18.4 Å². The molecule has 1 aromatic carbocycles. The van der Waals surface area contributed by atoms with Gasteiger partial charge >= 0.3 is 0 Å². The van der Waals surface area contributed by atoms with Crippen LogP contribution in [0.4, 0.5) is 0 Å². The van der Waals surface area contributed by atoms with E-state index in [1.54, 1.807) is 0 Å². The van der Waals surface area contributed by atoms with E-state index in [-0.39, 0.29) is 5.78 Å². The smallest absolute Gasteiger partial charge is 0.226 e. The highest BCUT2D eigenvalue weighted by Crippen LogP contribution is 2.38. The number of likely N-dealkylation sites (tertiary alicyclic amines) is 1. The van der Waals surface area contributed by atoms with Crippen LogP contribution in [0.1, 0.15) is 37.8 Å². The number of aliphatic imine (C=N–C) groups is 2. The fourth-order valence-electron chi connectivity index (χ4n) is 3.81. The number of ketones is 1. The van der Waals surface area contributed by atoms with Crippen molar-refractivity contribution in [1.82, 2.24) is 4.90 Å². The van der Waals surface area contributed by atoms with Gasteiger partial charge in [-0.3, -0.25) is 4.79 Å². The zero-order valence-electron chi connectivity index (χ0n) is 15.5. The summed E-state index contributed by atoms with van der Waals surface area (Å²) in [6.45, 7) is 7.88. The Balaban J connectivity index is 1.93. The number of rotatable bonds is 1. The van der Waals surface area contributed by atoms with Crippen LogP contribution in [-0.2, 0) is 4.79 Å². The number of carbonyl (C=O) groups excluding carboxylic acids is 1. The molecule has 0 radical (unpaired) electrons. The van der Waals surface area contributed by atoms with Crippen LogP contribution in [0.5, 0.6) is 0 Å². The first-order chi connectivity index (χ1) is 12.6. The van der Waals surface area contributed by atoms with Gasteiger partial charge < -0.3 is 4.90 Å². The summed E-state index contributed by atoms with van der Waals surface area (Å²) in [5.41, 5.74) is 5.90. The predicted octanol–water partition coefficient (Wildman–Crippen LogP) is 4.09. The second-order valence-corrected chi connectivity index (χ2v) is 6.89. The lowest BCUT2D eigenvalue weighted by Crippen LogP contribution is -2.25. The molecular weight excluding hydrogens is 322 g/mol. The van der Waals surface area contributed by atoms with Crippen molar-refractivity contribution in [2.24, 2.45) is 9.98 Å². The number of carbonyl (C=O) groups is 1. The van der Waals surface area contributed by atoms with Gasteiger partial charge in [-0.25, -0.2) is 9.98 Å². The zero-order chi connectivity index (χ0) is 18.3.